The Morgan fingerprint density at radius 2 is 1.65 bits per heavy atom. The predicted molar refractivity (Wildman–Crippen MR) is 164 cm³/mol. The number of pyridine rings is 1. The summed E-state index contributed by atoms with van der Waals surface area (Å²) < 4.78 is 0. The maximum Gasteiger partial charge on any atom is 0.332 e. The fraction of sp³-hybridized carbons (Fsp3) is 0.235. The Morgan fingerprint density at radius 1 is 0.953 bits per heavy atom. The van der Waals surface area contributed by atoms with E-state index in [2.05, 4.69) is 16.9 Å². The minimum absolute atomic E-state index is 0.0120. The SMILES string of the molecule is C=CCN(C(=O)NCc1ccccc1)N1CC(=O)N2[C@@H](Cc3ccccc3)C(=O)N(Cc3ccnc4ccccc34)C[C@@H]21. The molecule has 9 heteroatoms. The van der Waals surface area contributed by atoms with Crippen LogP contribution in [0.3, 0.4) is 0 Å². The van der Waals surface area contributed by atoms with Gasteiger partial charge in [0.1, 0.15) is 12.2 Å². The van der Waals surface area contributed by atoms with Crippen LogP contribution in [0.2, 0.25) is 0 Å². The largest absolute Gasteiger partial charge is 0.333 e. The number of benzene rings is 3. The number of hydrazine groups is 1. The van der Waals surface area contributed by atoms with Gasteiger partial charge in [-0.1, -0.05) is 84.9 Å². The monoisotopic (exact) mass is 574 g/mol. The fourth-order valence-electron chi connectivity index (χ4n) is 6.02. The Balaban J connectivity index is 1.31. The molecule has 6 rings (SSSR count). The van der Waals surface area contributed by atoms with Crippen LogP contribution in [0.25, 0.3) is 10.9 Å². The van der Waals surface area contributed by atoms with Crippen LogP contribution in [0, 0.1) is 0 Å². The molecule has 0 unspecified atom stereocenters. The number of hydrogen-bond acceptors (Lipinski definition) is 5. The third-order valence-corrected chi connectivity index (χ3v) is 8.07. The first-order chi connectivity index (χ1) is 21.0. The molecule has 2 saturated heterocycles. The van der Waals surface area contributed by atoms with E-state index in [-0.39, 0.29) is 37.5 Å². The van der Waals surface area contributed by atoms with Crippen LogP contribution in [0.4, 0.5) is 4.79 Å². The van der Waals surface area contributed by atoms with Crippen molar-refractivity contribution in [1.29, 1.82) is 0 Å². The van der Waals surface area contributed by atoms with Crippen molar-refractivity contribution in [2.45, 2.75) is 31.7 Å². The summed E-state index contributed by atoms with van der Waals surface area (Å²) in [5.41, 5.74) is 3.77. The second-order valence-electron chi connectivity index (χ2n) is 10.8. The average molecular weight is 575 g/mol. The number of nitrogens with zero attached hydrogens (tertiary/aromatic N) is 5. The van der Waals surface area contributed by atoms with Crippen molar-refractivity contribution >= 4 is 28.7 Å². The van der Waals surface area contributed by atoms with Gasteiger partial charge in [0, 0.05) is 31.1 Å². The van der Waals surface area contributed by atoms with E-state index >= 15 is 0 Å². The van der Waals surface area contributed by atoms with Crippen LogP contribution in [-0.2, 0) is 29.1 Å². The Hall–Kier alpha value is -5.02. The maximum atomic E-state index is 14.1. The number of carbonyl (C=O) groups excluding carboxylic acids is 3. The van der Waals surface area contributed by atoms with Crippen LogP contribution in [0.5, 0.6) is 0 Å². The second kappa shape index (κ2) is 12.5. The molecule has 0 aliphatic carbocycles. The summed E-state index contributed by atoms with van der Waals surface area (Å²) in [4.78, 5) is 49.3. The third kappa shape index (κ3) is 5.85. The molecule has 218 valence electrons. The molecule has 43 heavy (non-hydrogen) atoms. The van der Waals surface area contributed by atoms with Crippen LogP contribution < -0.4 is 5.32 Å². The molecule has 0 bridgehead atoms. The quantitative estimate of drug-likeness (QED) is 0.306. The molecule has 4 aromatic rings. The van der Waals surface area contributed by atoms with Crippen molar-refractivity contribution < 1.29 is 14.4 Å². The molecule has 0 radical (unpaired) electrons. The average Bonchev–Trinajstić information content (AvgIpc) is 3.36. The van der Waals surface area contributed by atoms with Crippen LogP contribution >= 0.6 is 0 Å². The molecular weight excluding hydrogens is 540 g/mol. The molecule has 9 nitrogen and oxygen atoms in total. The molecule has 1 aromatic heterocycles. The Morgan fingerprint density at radius 3 is 2.40 bits per heavy atom. The van der Waals surface area contributed by atoms with Gasteiger partial charge in [0.25, 0.3) is 0 Å². The van der Waals surface area contributed by atoms with E-state index in [9.17, 15) is 14.4 Å². The first-order valence-corrected chi connectivity index (χ1v) is 14.5. The van der Waals surface area contributed by atoms with Gasteiger partial charge in [-0.05, 0) is 28.8 Å². The summed E-state index contributed by atoms with van der Waals surface area (Å²) in [7, 11) is 0. The lowest BCUT2D eigenvalue weighted by atomic mass is 9.99. The molecule has 2 atom stereocenters. The number of urea groups is 1. The molecule has 2 aliphatic rings. The van der Waals surface area contributed by atoms with Gasteiger partial charge >= 0.3 is 6.03 Å². The van der Waals surface area contributed by atoms with E-state index in [1.807, 2.05) is 95.9 Å². The van der Waals surface area contributed by atoms with Crippen LogP contribution in [-0.4, -0.2) is 74.5 Å². The smallest absolute Gasteiger partial charge is 0.332 e. The van der Waals surface area contributed by atoms with Gasteiger partial charge in [0.15, 0.2) is 0 Å². The summed E-state index contributed by atoms with van der Waals surface area (Å²) in [5, 5.41) is 7.28. The lowest BCUT2D eigenvalue weighted by molar-refractivity contribution is -0.157. The van der Waals surface area contributed by atoms with Crippen LogP contribution in [0.1, 0.15) is 16.7 Å². The van der Waals surface area contributed by atoms with Crippen molar-refractivity contribution in [3.05, 3.63) is 127 Å². The first kappa shape index (κ1) is 28.1. The molecular formula is C34H34N6O3. The van der Waals surface area contributed by atoms with E-state index in [1.54, 1.807) is 22.2 Å². The number of aromatic nitrogens is 1. The normalized spacial score (nSPS) is 18.5. The van der Waals surface area contributed by atoms with Crippen molar-refractivity contribution in [1.82, 2.24) is 30.1 Å². The summed E-state index contributed by atoms with van der Waals surface area (Å²) in [6, 6.07) is 28.2. The number of rotatable bonds is 9. The fourth-order valence-corrected chi connectivity index (χ4v) is 6.02. The lowest BCUT2D eigenvalue weighted by Gasteiger charge is -2.46. The number of hydrogen-bond donors (Lipinski definition) is 1. The van der Waals surface area contributed by atoms with Crippen molar-refractivity contribution in [3.63, 3.8) is 0 Å². The number of nitrogens with one attached hydrogen (secondary N) is 1. The molecule has 4 amide bonds. The lowest BCUT2D eigenvalue weighted by Crippen LogP contribution is -2.66. The molecule has 0 spiro atoms. The molecule has 3 aromatic carbocycles. The van der Waals surface area contributed by atoms with E-state index in [4.69, 9.17) is 0 Å². The van der Waals surface area contributed by atoms with E-state index in [0.717, 1.165) is 27.6 Å². The zero-order valence-corrected chi connectivity index (χ0v) is 23.9. The van der Waals surface area contributed by atoms with Gasteiger partial charge in [0.2, 0.25) is 11.8 Å². The van der Waals surface area contributed by atoms with Gasteiger partial charge in [-0.25, -0.2) is 4.79 Å². The molecule has 2 fully saturated rings. The zero-order chi connectivity index (χ0) is 29.8. The van der Waals surface area contributed by atoms with Gasteiger partial charge in [0.05, 0.1) is 25.2 Å². The van der Waals surface area contributed by atoms with Gasteiger partial charge in [-0.3, -0.25) is 19.6 Å². The highest BCUT2D eigenvalue weighted by molar-refractivity contribution is 5.92. The first-order valence-electron chi connectivity index (χ1n) is 14.5. The van der Waals surface area contributed by atoms with Gasteiger partial charge in [-0.15, -0.1) is 6.58 Å². The highest BCUT2D eigenvalue weighted by Gasteiger charge is 2.52. The number of fused-ring (bicyclic) bond motifs is 2. The van der Waals surface area contributed by atoms with Gasteiger partial charge < -0.3 is 15.1 Å². The van der Waals surface area contributed by atoms with Crippen molar-refractivity contribution in [2.75, 3.05) is 19.6 Å². The summed E-state index contributed by atoms with van der Waals surface area (Å²) in [6.45, 7) is 5.03. The Labute approximate surface area is 251 Å². The summed E-state index contributed by atoms with van der Waals surface area (Å²) >= 11 is 0. The minimum Gasteiger partial charge on any atom is -0.333 e. The van der Waals surface area contributed by atoms with E-state index < -0.39 is 12.2 Å². The maximum absolute atomic E-state index is 14.1. The highest BCUT2D eigenvalue weighted by atomic mass is 16.2. The number of amides is 4. The third-order valence-electron chi connectivity index (χ3n) is 8.07. The van der Waals surface area contributed by atoms with Crippen molar-refractivity contribution in [2.24, 2.45) is 0 Å². The highest BCUT2D eigenvalue weighted by Crippen LogP contribution is 2.31. The zero-order valence-electron chi connectivity index (χ0n) is 23.9. The molecule has 0 saturated carbocycles. The molecule has 1 N–H and O–H groups in total. The predicted octanol–water partition coefficient (Wildman–Crippen LogP) is 3.97. The molecule has 3 heterocycles. The van der Waals surface area contributed by atoms with Gasteiger partial charge in [-0.2, -0.15) is 5.01 Å². The summed E-state index contributed by atoms with van der Waals surface area (Å²) in [6.07, 6.45) is 3.26. The minimum atomic E-state index is -0.704. The Kier molecular flexibility index (Phi) is 8.15. The standard InChI is InChI=1S/C34H34N6O3/c1-2-19-38(34(43)36-21-26-13-7-4-8-14-26)39-24-32(41)40-30(20-25-11-5-3-6-12-25)33(42)37(23-31(39)40)22-27-17-18-35-29-16-10-9-15-28(27)29/h2-18,30-31H,1,19-24H2,(H,36,43)/t30-,31+/m0/s1. The van der Waals surface area contributed by atoms with Crippen LogP contribution in [0.15, 0.2) is 110 Å². The second-order valence-corrected chi connectivity index (χ2v) is 10.8. The van der Waals surface area contributed by atoms with E-state index in [0.29, 0.717) is 19.5 Å². The number of para-hydroxylation sites is 1. The topological polar surface area (TPSA) is 89.1 Å². The summed E-state index contributed by atoms with van der Waals surface area (Å²) in [5.74, 6) is -0.293. The Bertz CT molecular complexity index is 1620. The molecule has 2 aliphatic heterocycles. The number of carbonyl (C=O) groups is 3. The van der Waals surface area contributed by atoms with E-state index in [1.165, 1.54) is 5.01 Å². The van der Waals surface area contributed by atoms with Crippen molar-refractivity contribution in [3.8, 4) is 0 Å². The number of piperazine rings is 1.